The topological polar surface area (TPSA) is 24.9 Å². The summed E-state index contributed by atoms with van der Waals surface area (Å²) >= 11 is 1.51. The van der Waals surface area contributed by atoms with E-state index < -0.39 is 0 Å². The van der Waals surface area contributed by atoms with E-state index in [0.717, 1.165) is 15.5 Å². The van der Waals surface area contributed by atoms with Crippen molar-refractivity contribution in [1.82, 2.24) is 10.3 Å². The predicted octanol–water partition coefficient (Wildman–Crippen LogP) is 3.65. The molecule has 1 heterocycles. The lowest BCUT2D eigenvalue weighted by Crippen LogP contribution is -2.13. The van der Waals surface area contributed by atoms with Gasteiger partial charge in [0, 0.05) is 22.0 Å². The van der Waals surface area contributed by atoms with E-state index in [2.05, 4.69) is 17.2 Å². The van der Waals surface area contributed by atoms with Crippen LogP contribution in [-0.4, -0.2) is 12.0 Å². The fraction of sp³-hybridized carbons (Fsp3) is 0.214. The maximum atomic E-state index is 13.0. The van der Waals surface area contributed by atoms with E-state index in [9.17, 15) is 4.39 Å². The number of benzene rings is 1. The number of hydrogen-bond acceptors (Lipinski definition) is 3. The zero-order chi connectivity index (χ0) is 13.0. The maximum absolute atomic E-state index is 13.0. The molecule has 0 aliphatic rings. The fourth-order valence-corrected chi connectivity index (χ4v) is 2.35. The number of hydrogen-bond donors (Lipinski definition) is 1. The van der Waals surface area contributed by atoms with Gasteiger partial charge in [0.1, 0.15) is 5.82 Å². The van der Waals surface area contributed by atoms with Crippen molar-refractivity contribution < 1.29 is 4.39 Å². The molecule has 0 fully saturated rings. The third-order valence-corrected chi connectivity index (χ3v) is 3.63. The Hall–Kier alpha value is -1.39. The Balaban J connectivity index is 2.11. The second-order valence-electron chi connectivity index (χ2n) is 3.99. The molecule has 1 aromatic heterocycles. The molecule has 2 aromatic rings. The number of nitrogens with one attached hydrogen (secondary N) is 1. The summed E-state index contributed by atoms with van der Waals surface area (Å²) in [6.45, 7) is 2.06. The monoisotopic (exact) mass is 262 g/mol. The van der Waals surface area contributed by atoms with Gasteiger partial charge in [-0.15, -0.1) is 0 Å². The number of nitrogens with zero attached hydrogens (tertiary/aromatic N) is 1. The smallest absolute Gasteiger partial charge is 0.124 e. The van der Waals surface area contributed by atoms with E-state index in [1.807, 2.05) is 31.4 Å². The Morgan fingerprint density at radius 2 is 2.06 bits per heavy atom. The van der Waals surface area contributed by atoms with Gasteiger partial charge in [0.15, 0.2) is 0 Å². The van der Waals surface area contributed by atoms with Crippen LogP contribution in [0.4, 0.5) is 4.39 Å². The summed E-state index contributed by atoms with van der Waals surface area (Å²) in [5.74, 6) is -0.214. The molecule has 0 bridgehead atoms. The standard InChI is InChI=1S/C14H15FN2S/c1-10(16-2)14-7-6-13(9-17-14)18-12-5-3-4-11(15)8-12/h3-10,16H,1-2H3. The molecule has 94 valence electrons. The molecule has 0 saturated heterocycles. The zero-order valence-electron chi connectivity index (χ0n) is 10.4. The van der Waals surface area contributed by atoms with Crippen molar-refractivity contribution in [3.05, 3.63) is 54.1 Å². The Kier molecular flexibility index (Phi) is 4.33. The van der Waals surface area contributed by atoms with E-state index in [1.165, 1.54) is 23.9 Å². The Morgan fingerprint density at radius 3 is 2.67 bits per heavy atom. The minimum Gasteiger partial charge on any atom is -0.312 e. The van der Waals surface area contributed by atoms with Gasteiger partial charge in [0.05, 0.1) is 5.69 Å². The summed E-state index contributed by atoms with van der Waals surface area (Å²) in [7, 11) is 1.90. The van der Waals surface area contributed by atoms with Crippen LogP contribution in [-0.2, 0) is 0 Å². The van der Waals surface area contributed by atoms with Gasteiger partial charge in [-0.3, -0.25) is 4.98 Å². The summed E-state index contributed by atoms with van der Waals surface area (Å²) in [5, 5.41) is 3.14. The first-order valence-corrected chi connectivity index (χ1v) is 6.57. The Bertz CT molecular complexity index is 513. The third-order valence-electron chi connectivity index (χ3n) is 2.67. The van der Waals surface area contributed by atoms with Crippen LogP contribution in [0.5, 0.6) is 0 Å². The molecular weight excluding hydrogens is 247 g/mol. The first-order chi connectivity index (χ1) is 8.69. The molecule has 1 N–H and O–H groups in total. The average Bonchev–Trinajstić information content (AvgIpc) is 2.39. The van der Waals surface area contributed by atoms with Gasteiger partial charge in [-0.2, -0.15) is 0 Å². The summed E-state index contributed by atoms with van der Waals surface area (Å²) < 4.78 is 13.0. The molecule has 1 unspecified atom stereocenters. The minimum atomic E-state index is -0.214. The molecule has 4 heteroatoms. The van der Waals surface area contributed by atoms with E-state index in [4.69, 9.17) is 0 Å². The molecule has 0 spiro atoms. The second-order valence-corrected chi connectivity index (χ2v) is 5.14. The van der Waals surface area contributed by atoms with Gasteiger partial charge < -0.3 is 5.32 Å². The lowest BCUT2D eigenvalue weighted by atomic mass is 10.2. The van der Waals surface area contributed by atoms with Crippen LogP contribution in [0.2, 0.25) is 0 Å². The molecule has 0 amide bonds. The lowest BCUT2D eigenvalue weighted by molar-refractivity contribution is 0.624. The molecule has 0 radical (unpaired) electrons. The molecule has 2 nitrogen and oxygen atoms in total. The van der Waals surface area contributed by atoms with E-state index in [0.29, 0.717) is 0 Å². The van der Waals surface area contributed by atoms with Crippen LogP contribution in [0.25, 0.3) is 0 Å². The molecule has 1 aromatic carbocycles. The highest BCUT2D eigenvalue weighted by molar-refractivity contribution is 7.99. The van der Waals surface area contributed by atoms with Gasteiger partial charge in [0.25, 0.3) is 0 Å². The summed E-state index contributed by atoms with van der Waals surface area (Å²) in [5.41, 5.74) is 1.00. The highest BCUT2D eigenvalue weighted by Crippen LogP contribution is 2.27. The number of pyridine rings is 1. The third kappa shape index (κ3) is 3.31. The van der Waals surface area contributed by atoms with Crippen LogP contribution < -0.4 is 5.32 Å². The van der Waals surface area contributed by atoms with E-state index in [-0.39, 0.29) is 11.9 Å². The van der Waals surface area contributed by atoms with E-state index in [1.54, 1.807) is 6.07 Å². The van der Waals surface area contributed by atoms with Crippen molar-refractivity contribution in [3.8, 4) is 0 Å². The molecular formula is C14H15FN2S. The van der Waals surface area contributed by atoms with Crippen LogP contribution in [0.15, 0.2) is 52.4 Å². The highest BCUT2D eigenvalue weighted by atomic mass is 32.2. The van der Waals surface area contributed by atoms with Gasteiger partial charge >= 0.3 is 0 Å². The molecule has 0 aliphatic heterocycles. The van der Waals surface area contributed by atoms with Crippen LogP contribution in [0.1, 0.15) is 18.7 Å². The summed E-state index contributed by atoms with van der Waals surface area (Å²) in [6.07, 6.45) is 1.82. The van der Waals surface area contributed by atoms with Crippen molar-refractivity contribution >= 4 is 11.8 Å². The van der Waals surface area contributed by atoms with Gasteiger partial charge in [-0.05, 0) is 44.3 Å². The molecule has 0 saturated carbocycles. The molecule has 2 rings (SSSR count). The first kappa shape index (κ1) is 13.1. The van der Waals surface area contributed by atoms with Crippen LogP contribution >= 0.6 is 11.8 Å². The predicted molar refractivity (Wildman–Crippen MR) is 72.2 cm³/mol. The van der Waals surface area contributed by atoms with Gasteiger partial charge in [0.2, 0.25) is 0 Å². The molecule has 18 heavy (non-hydrogen) atoms. The number of rotatable bonds is 4. The Morgan fingerprint density at radius 1 is 1.22 bits per heavy atom. The van der Waals surface area contributed by atoms with Crippen molar-refractivity contribution in [2.45, 2.75) is 22.8 Å². The number of halogens is 1. The second kappa shape index (κ2) is 5.98. The van der Waals surface area contributed by atoms with Gasteiger partial charge in [-0.1, -0.05) is 17.8 Å². The van der Waals surface area contributed by atoms with Crippen molar-refractivity contribution in [2.75, 3.05) is 7.05 Å². The minimum absolute atomic E-state index is 0.214. The first-order valence-electron chi connectivity index (χ1n) is 5.75. The SMILES string of the molecule is CNC(C)c1ccc(Sc2cccc(F)c2)cn1. The van der Waals surface area contributed by atoms with Crippen molar-refractivity contribution in [2.24, 2.45) is 0 Å². The normalized spacial score (nSPS) is 12.4. The van der Waals surface area contributed by atoms with Crippen LogP contribution in [0.3, 0.4) is 0 Å². The lowest BCUT2D eigenvalue weighted by Gasteiger charge is -2.09. The average molecular weight is 262 g/mol. The van der Waals surface area contributed by atoms with Gasteiger partial charge in [-0.25, -0.2) is 4.39 Å². The highest BCUT2D eigenvalue weighted by Gasteiger charge is 2.04. The van der Waals surface area contributed by atoms with Crippen molar-refractivity contribution in [3.63, 3.8) is 0 Å². The summed E-state index contributed by atoms with van der Waals surface area (Å²) in [4.78, 5) is 6.28. The largest absolute Gasteiger partial charge is 0.312 e. The number of aromatic nitrogens is 1. The zero-order valence-corrected chi connectivity index (χ0v) is 11.2. The van der Waals surface area contributed by atoms with E-state index >= 15 is 0 Å². The summed E-state index contributed by atoms with van der Waals surface area (Å²) in [6, 6.07) is 10.8. The molecule has 1 atom stereocenters. The quantitative estimate of drug-likeness (QED) is 0.910. The fourth-order valence-electron chi connectivity index (χ4n) is 1.52. The van der Waals surface area contributed by atoms with Crippen molar-refractivity contribution in [1.29, 1.82) is 0 Å². The maximum Gasteiger partial charge on any atom is 0.124 e. The van der Waals surface area contributed by atoms with Crippen LogP contribution in [0, 0.1) is 5.82 Å². The Labute approximate surface area is 111 Å². The molecule has 0 aliphatic carbocycles.